The molecule has 1 aromatic rings. The number of ether oxygens (including phenoxy) is 6. The maximum Gasteiger partial charge on any atom is 0.475 e. The van der Waals surface area contributed by atoms with Crippen LogP contribution in [-0.2, 0) is 41.8 Å². The molecular formula is C37H54NO13P. The van der Waals surface area contributed by atoms with E-state index >= 15 is 0 Å². The van der Waals surface area contributed by atoms with Crippen molar-refractivity contribution in [2.24, 2.45) is 5.92 Å². The van der Waals surface area contributed by atoms with Crippen molar-refractivity contribution in [2.45, 2.75) is 90.7 Å². The van der Waals surface area contributed by atoms with E-state index in [1.165, 1.54) is 30.2 Å². The van der Waals surface area contributed by atoms with Crippen LogP contribution in [-0.4, -0.2) is 93.2 Å². The van der Waals surface area contributed by atoms with E-state index in [0.717, 1.165) is 0 Å². The van der Waals surface area contributed by atoms with Crippen LogP contribution in [0, 0.1) is 5.92 Å². The first-order valence-electron chi connectivity index (χ1n) is 17.1. The molecule has 0 unspecified atom stereocenters. The first kappa shape index (κ1) is 43.1. The number of rotatable bonds is 14. The number of hydrogen-bond donors (Lipinski definition) is 1. The zero-order chi connectivity index (χ0) is 38.7. The van der Waals surface area contributed by atoms with Crippen LogP contribution in [0.5, 0.6) is 5.75 Å². The molecule has 0 radical (unpaired) electrons. The first-order chi connectivity index (χ1) is 24.4. The van der Waals surface area contributed by atoms with Crippen molar-refractivity contribution >= 4 is 31.6 Å². The molecule has 0 saturated carbocycles. The van der Waals surface area contributed by atoms with Gasteiger partial charge in [-0.3, -0.25) is 18.5 Å². The van der Waals surface area contributed by atoms with Gasteiger partial charge in [0, 0.05) is 19.1 Å². The molecule has 1 amide bonds. The lowest BCUT2D eigenvalue weighted by molar-refractivity contribution is -0.152. The number of aliphatic hydroxyl groups is 1. The van der Waals surface area contributed by atoms with E-state index in [1.807, 2.05) is 6.92 Å². The number of carbonyl (C=O) groups excluding carboxylic acids is 2. The molecule has 0 spiro atoms. The van der Waals surface area contributed by atoms with Crippen molar-refractivity contribution in [1.82, 2.24) is 0 Å². The van der Waals surface area contributed by atoms with Crippen LogP contribution >= 0.6 is 7.82 Å². The number of phosphoric acid groups is 1. The summed E-state index contributed by atoms with van der Waals surface area (Å²) in [5, 5.41) is 11.0. The standard InChI is InChI=1S/C37H54NO13P/c1-11-19-45-52(42,46-20-12-2)47-21-18-38(35(41)51-36(5,6)7)28-22-27-14-13-15-30-33(50-37(8,9)49-30)29(39)17-16-25(3)26(4)48-34(40)32(27)31(23-28)44-24-43-10/h11-14,16-17,22-23,25-26,29-30,33,39H,1-2,15,18-21,24H2,3-10H3/b14-13+,17-16-/t25-,26+,29-,30+,33-/m1/s1. The predicted octanol–water partition coefficient (Wildman–Crippen LogP) is 6.98. The van der Waals surface area contributed by atoms with Crippen molar-refractivity contribution in [2.75, 3.05) is 45.2 Å². The summed E-state index contributed by atoms with van der Waals surface area (Å²) in [7, 11) is -2.64. The van der Waals surface area contributed by atoms with Gasteiger partial charge in [-0.1, -0.05) is 43.4 Å². The molecule has 2 heterocycles. The number of fused-ring (bicyclic) bond motifs is 2. The van der Waals surface area contributed by atoms with Crippen molar-refractivity contribution in [3.8, 4) is 5.75 Å². The van der Waals surface area contributed by atoms with E-state index in [9.17, 15) is 19.3 Å². The molecule has 2 aliphatic rings. The van der Waals surface area contributed by atoms with Gasteiger partial charge in [0.15, 0.2) is 12.6 Å². The topological polar surface area (TPSA) is 158 Å². The summed E-state index contributed by atoms with van der Waals surface area (Å²) in [4.78, 5) is 28.9. The first-order valence-corrected chi connectivity index (χ1v) is 18.5. The number of benzene rings is 1. The van der Waals surface area contributed by atoms with Gasteiger partial charge in [-0.2, -0.15) is 0 Å². The Morgan fingerprint density at radius 1 is 1.10 bits per heavy atom. The van der Waals surface area contributed by atoms with E-state index in [0.29, 0.717) is 12.0 Å². The van der Waals surface area contributed by atoms with Gasteiger partial charge in [0.25, 0.3) is 0 Å². The second-order valence-corrected chi connectivity index (χ2v) is 15.3. The maximum absolute atomic E-state index is 13.9. The number of nitrogens with zero attached hydrogens (tertiary/aromatic N) is 1. The van der Waals surface area contributed by atoms with Crippen LogP contribution in [0.3, 0.4) is 0 Å². The SMILES string of the molecule is C=CCOP(=O)(OCC=C)OCCN(C(=O)OC(C)(C)C)c1cc2c(c(OCOC)c1)C(=O)O[C@@H](C)[C@H](C)/C=C\[C@@H](O)[C@H]1OC(C)(C)O[C@H]1C/C=C/2. The highest BCUT2D eigenvalue weighted by atomic mass is 31.2. The summed E-state index contributed by atoms with van der Waals surface area (Å²) < 4.78 is 64.3. The smallest absolute Gasteiger partial charge is 0.467 e. The lowest BCUT2D eigenvalue weighted by atomic mass is 9.98. The largest absolute Gasteiger partial charge is 0.475 e. The normalized spacial score (nSPS) is 24.7. The highest BCUT2D eigenvalue weighted by Crippen LogP contribution is 2.49. The molecular weight excluding hydrogens is 697 g/mol. The molecule has 0 aromatic heterocycles. The van der Waals surface area contributed by atoms with E-state index in [1.54, 1.807) is 71.9 Å². The fraction of sp³-hybridized carbons (Fsp3) is 0.568. The van der Waals surface area contributed by atoms with Crippen LogP contribution in [0.2, 0.25) is 0 Å². The Balaban J connectivity index is 2.15. The van der Waals surface area contributed by atoms with Crippen molar-refractivity contribution in [3.05, 3.63) is 66.8 Å². The highest BCUT2D eigenvalue weighted by Gasteiger charge is 2.43. The summed E-state index contributed by atoms with van der Waals surface area (Å²) in [6, 6.07) is 3.08. The zero-order valence-corrected chi connectivity index (χ0v) is 32.3. The van der Waals surface area contributed by atoms with Gasteiger partial charge < -0.3 is 33.5 Å². The average molecular weight is 752 g/mol. The van der Waals surface area contributed by atoms with Gasteiger partial charge in [-0.25, -0.2) is 14.2 Å². The molecule has 290 valence electrons. The number of hydrogen-bond acceptors (Lipinski definition) is 13. The zero-order valence-electron chi connectivity index (χ0n) is 31.4. The molecule has 0 aliphatic carbocycles. The van der Waals surface area contributed by atoms with Gasteiger partial charge in [-0.05, 0) is 59.6 Å². The Bertz CT molecular complexity index is 1480. The third-order valence-corrected chi connectivity index (χ3v) is 9.14. The molecule has 5 atom stereocenters. The number of methoxy groups -OCH3 is 1. The monoisotopic (exact) mass is 751 g/mol. The van der Waals surface area contributed by atoms with Crippen LogP contribution in [0.1, 0.15) is 70.8 Å². The number of amides is 1. The summed E-state index contributed by atoms with van der Waals surface area (Å²) in [6.45, 7) is 18.5. The molecule has 2 aliphatic heterocycles. The van der Waals surface area contributed by atoms with Gasteiger partial charge in [0.2, 0.25) is 0 Å². The van der Waals surface area contributed by atoms with E-state index in [4.69, 9.17) is 42.0 Å². The number of esters is 1. The number of cyclic esters (lactones) is 1. The Morgan fingerprint density at radius 3 is 2.38 bits per heavy atom. The Kier molecular flexibility index (Phi) is 15.8. The lowest BCUT2D eigenvalue weighted by Gasteiger charge is -2.29. The van der Waals surface area contributed by atoms with Crippen molar-refractivity contribution < 1.29 is 61.3 Å². The second kappa shape index (κ2) is 19.1. The summed E-state index contributed by atoms with van der Waals surface area (Å²) in [5.74, 6) is -1.86. The fourth-order valence-corrected chi connectivity index (χ4v) is 6.31. The molecule has 1 saturated heterocycles. The van der Waals surface area contributed by atoms with Crippen LogP contribution in [0.15, 0.2) is 55.7 Å². The number of phosphoric ester groups is 1. The summed E-state index contributed by atoms with van der Waals surface area (Å²) in [5.41, 5.74) is -0.231. The van der Waals surface area contributed by atoms with Crippen LogP contribution in [0.25, 0.3) is 6.08 Å². The minimum Gasteiger partial charge on any atom is -0.467 e. The van der Waals surface area contributed by atoms with Gasteiger partial charge in [0.1, 0.15) is 35.2 Å². The molecule has 1 N–H and O–H groups in total. The quantitative estimate of drug-likeness (QED) is 0.0900. The summed E-state index contributed by atoms with van der Waals surface area (Å²) in [6.07, 6.45) is 6.38. The third-order valence-electron chi connectivity index (χ3n) is 7.71. The molecule has 1 fully saturated rings. The Hall–Kier alpha value is -3.33. The van der Waals surface area contributed by atoms with Crippen LogP contribution in [0.4, 0.5) is 10.5 Å². The molecule has 14 nitrogen and oxygen atoms in total. The number of anilines is 1. The third kappa shape index (κ3) is 12.7. The van der Waals surface area contributed by atoms with Gasteiger partial charge >= 0.3 is 19.9 Å². The Labute approximate surface area is 306 Å². The molecule has 52 heavy (non-hydrogen) atoms. The average Bonchev–Trinajstić information content (AvgIpc) is 3.38. The molecule has 1 aromatic carbocycles. The van der Waals surface area contributed by atoms with Crippen molar-refractivity contribution in [1.29, 1.82) is 0 Å². The highest BCUT2D eigenvalue weighted by molar-refractivity contribution is 7.48. The van der Waals surface area contributed by atoms with E-state index in [-0.39, 0.29) is 56.1 Å². The van der Waals surface area contributed by atoms with Gasteiger partial charge in [-0.15, -0.1) is 13.2 Å². The molecule has 3 rings (SSSR count). The molecule has 0 bridgehead atoms. The number of carbonyl (C=O) groups is 2. The Morgan fingerprint density at radius 2 is 1.77 bits per heavy atom. The maximum atomic E-state index is 13.9. The number of aliphatic hydroxyl groups excluding tert-OH is 1. The summed E-state index contributed by atoms with van der Waals surface area (Å²) >= 11 is 0. The van der Waals surface area contributed by atoms with Gasteiger partial charge in [0.05, 0.1) is 38.2 Å². The second-order valence-electron chi connectivity index (χ2n) is 13.7. The fourth-order valence-electron chi connectivity index (χ4n) is 5.20. The minimum atomic E-state index is -4.07. The van der Waals surface area contributed by atoms with Crippen LogP contribution < -0.4 is 9.64 Å². The van der Waals surface area contributed by atoms with E-state index < -0.39 is 55.7 Å². The lowest BCUT2D eigenvalue weighted by Crippen LogP contribution is -2.39. The van der Waals surface area contributed by atoms with E-state index in [2.05, 4.69) is 13.2 Å². The van der Waals surface area contributed by atoms with Crippen molar-refractivity contribution in [3.63, 3.8) is 0 Å². The minimum absolute atomic E-state index is 0.0603. The predicted molar refractivity (Wildman–Crippen MR) is 195 cm³/mol. The molecule has 15 heteroatoms.